The number of hydrogen-bond donors (Lipinski definition) is 0. The van der Waals surface area contributed by atoms with Gasteiger partial charge in [0.15, 0.2) is 0 Å². The van der Waals surface area contributed by atoms with E-state index in [0.717, 1.165) is 6.42 Å². The van der Waals surface area contributed by atoms with E-state index in [1.807, 2.05) is 0 Å². The minimum atomic E-state index is -0.421. The standard InChI is InChI=1S/C19H18O4/c1-3-4-5-14-22-17-10-12-18(13-11-17)23-19(20)15-6-8-16(21-2)9-7-15/h1,6-13H,4-5,14H2,2H3. The van der Waals surface area contributed by atoms with Gasteiger partial charge in [0.25, 0.3) is 0 Å². The Balaban J connectivity index is 1.89. The first-order valence-electron chi connectivity index (χ1n) is 7.25. The van der Waals surface area contributed by atoms with Gasteiger partial charge in [-0.15, -0.1) is 12.3 Å². The molecule has 118 valence electrons. The largest absolute Gasteiger partial charge is 0.497 e. The molecule has 4 nitrogen and oxygen atoms in total. The molecule has 0 saturated heterocycles. The zero-order chi connectivity index (χ0) is 16.5. The number of ether oxygens (including phenoxy) is 3. The number of terminal acetylenes is 1. The van der Waals surface area contributed by atoms with E-state index in [-0.39, 0.29) is 0 Å². The summed E-state index contributed by atoms with van der Waals surface area (Å²) in [6.07, 6.45) is 6.68. The first-order chi connectivity index (χ1) is 11.2. The maximum Gasteiger partial charge on any atom is 0.343 e. The van der Waals surface area contributed by atoms with Gasteiger partial charge in [-0.05, 0) is 55.0 Å². The molecule has 0 aliphatic heterocycles. The molecule has 4 heteroatoms. The first kappa shape index (κ1) is 16.4. The Kier molecular flexibility index (Phi) is 6.07. The SMILES string of the molecule is C#CCCCOc1ccc(OC(=O)c2ccc(OC)cc2)cc1. The zero-order valence-electron chi connectivity index (χ0n) is 13.0. The lowest BCUT2D eigenvalue weighted by Crippen LogP contribution is -2.08. The van der Waals surface area contributed by atoms with Crippen LogP contribution in [0.5, 0.6) is 17.2 Å². The molecule has 2 aromatic carbocycles. The summed E-state index contributed by atoms with van der Waals surface area (Å²) in [5.41, 5.74) is 0.459. The van der Waals surface area contributed by atoms with Gasteiger partial charge >= 0.3 is 5.97 Å². The van der Waals surface area contributed by atoms with E-state index in [1.54, 1.807) is 55.6 Å². The molecular weight excluding hydrogens is 292 g/mol. The van der Waals surface area contributed by atoms with Crippen molar-refractivity contribution in [3.8, 4) is 29.6 Å². The second-order valence-corrected chi connectivity index (χ2v) is 4.75. The van der Waals surface area contributed by atoms with Crippen molar-refractivity contribution in [3.05, 3.63) is 54.1 Å². The first-order valence-corrected chi connectivity index (χ1v) is 7.25. The molecule has 0 aliphatic carbocycles. The number of rotatable bonds is 7. The Labute approximate surface area is 136 Å². The molecule has 0 amide bonds. The molecule has 2 rings (SSSR count). The van der Waals surface area contributed by atoms with Gasteiger partial charge in [0.1, 0.15) is 17.2 Å². The minimum Gasteiger partial charge on any atom is -0.497 e. The lowest BCUT2D eigenvalue weighted by Gasteiger charge is -2.07. The van der Waals surface area contributed by atoms with Crippen LogP contribution in [0, 0.1) is 12.3 Å². The van der Waals surface area contributed by atoms with Gasteiger partial charge in [0.05, 0.1) is 19.3 Å². The Bertz CT molecular complexity index is 666. The van der Waals surface area contributed by atoms with Crippen LogP contribution in [-0.4, -0.2) is 19.7 Å². The Hall–Kier alpha value is -2.93. The molecular formula is C19H18O4. The van der Waals surface area contributed by atoms with Crippen molar-refractivity contribution in [2.45, 2.75) is 12.8 Å². The summed E-state index contributed by atoms with van der Waals surface area (Å²) in [7, 11) is 1.57. The number of unbranched alkanes of at least 4 members (excludes halogenated alkanes) is 1. The highest BCUT2D eigenvalue weighted by Crippen LogP contribution is 2.19. The van der Waals surface area contributed by atoms with Crippen LogP contribution in [0.3, 0.4) is 0 Å². The van der Waals surface area contributed by atoms with Crippen LogP contribution < -0.4 is 14.2 Å². The molecule has 2 aromatic rings. The van der Waals surface area contributed by atoms with Gasteiger partial charge < -0.3 is 14.2 Å². The molecule has 0 bridgehead atoms. The number of carbonyl (C=O) groups is 1. The Morgan fingerprint density at radius 3 is 2.22 bits per heavy atom. The molecule has 0 aliphatic rings. The molecule has 0 spiro atoms. The van der Waals surface area contributed by atoms with Crippen LogP contribution in [0.15, 0.2) is 48.5 Å². The van der Waals surface area contributed by atoms with Crippen LogP contribution in [-0.2, 0) is 0 Å². The smallest absolute Gasteiger partial charge is 0.343 e. The predicted molar refractivity (Wildman–Crippen MR) is 88.0 cm³/mol. The lowest BCUT2D eigenvalue weighted by molar-refractivity contribution is 0.0734. The van der Waals surface area contributed by atoms with Gasteiger partial charge in [0, 0.05) is 6.42 Å². The molecule has 23 heavy (non-hydrogen) atoms. The lowest BCUT2D eigenvalue weighted by atomic mass is 10.2. The highest BCUT2D eigenvalue weighted by Gasteiger charge is 2.08. The molecule has 0 saturated carbocycles. The molecule has 0 heterocycles. The van der Waals surface area contributed by atoms with Crippen molar-refractivity contribution in [3.63, 3.8) is 0 Å². The minimum absolute atomic E-state index is 0.421. The number of methoxy groups -OCH3 is 1. The second kappa shape index (κ2) is 8.50. The fraction of sp³-hybridized carbons (Fsp3) is 0.211. The molecule has 0 atom stereocenters. The average molecular weight is 310 g/mol. The summed E-state index contributed by atoms with van der Waals surface area (Å²) < 4.78 is 15.9. The van der Waals surface area contributed by atoms with Crippen LogP contribution in [0.4, 0.5) is 0 Å². The summed E-state index contributed by atoms with van der Waals surface area (Å²) in [5, 5.41) is 0. The van der Waals surface area contributed by atoms with E-state index >= 15 is 0 Å². The topological polar surface area (TPSA) is 44.8 Å². The monoisotopic (exact) mass is 310 g/mol. The maximum atomic E-state index is 12.0. The second-order valence-electron chi connectivity index (χ2n) is 4.75. The molecule has 0 N–H and O–H groups in total. The summed E-state index contributed by atoms with van der Waals surface area (Å²) in [6, 6.07) is 13.6. The van der Waals surface area contributed by atoms with Crippen molar-refractivity contribution in [2.24, 2.45) is 0 Å². The summed E-state index contributed by atoms with van der Waals surface area (Å²) in [6.45, 7) is 0.565. The Morgan fingerprint density at radius 1 is 1.00 bits per heavy atom. The van der Waals surface area contributed by atoms with E-state index in [0.29, 0.717) is 35.8 Å². The maximum absolute atomic E-state index is 12.0. The fourth-order valence-electron chi connectivity index (χ4n) is 1.86. The summed E-state index contributed by atoms with van der Waals surface area (Å²) >= 11 is 0. The highest BCUT2D eigenvalue weighted by atomic mass is 16.5. The number of carbonyl (C=O) groups excluding carboxylic acids is 1. The van der Waals surface area contributed by atoms with Crippen molar-refractivity contribution < 1.29 is 19.0 Å². The van der Waals surface area contributed by atoms with E-state index in [2.05, 4.69) is 5.92 Å². The van der Waals surface area contributed by atoms with Crippen LogP contribution in [0.1, 0.15) is 23.2 Å². The average Bonchev–Trinajstić information content (AvgIpc) is 2.60. The summed E-state index contributed by atoms with van der Waals surface area (Å²) in [4.78, 5) is 12.0. The van der Waals surface area contributed by atoms with Crippen LogP contribution in [0.25, 0.3) is 0 Å². The van der Waals surface area contributed by atoms with E-state index in [1.165, 1.54) is 0 Å². The quantitative estimate of drug-likeness (QED) is 0.338. The highest BCUT2D eigenvalue weighted by molar-refractivity contribution is 5.91. The van der Waals surface area contributed by atoms with Gasteiger partial charge in [-0.1, -0.05) is 0 Å². The molecule has 0 aromatic heterocycles. The predicted octanol–water partition coefficient (Wildman–Crippen LogP) is 3.71. The zero-order valence-corrected chi connectivity index (χ0v) is 13.0. The van der Waals surface area contributed by atoms with Gasteiger partial charge in [-0.2, -0.15) is 0 Å². The van der Waals surface area contributed by atoms with E-state index in [4.69, 9.17) is 20.6 Å². The third kappa shape index (κ3) is 5.08. The van der Waals surface area contributed by atoms with Crippen molar-refractivity contribution >= 4 is 5.97 Å². The third-order valence-corrected chi connectivity index (χ3v) is 3.09. The normalized spacial score (nSPS) is 9.74. The summed E-state index contributed by atoms with van der Waals surface area (Å²) in [5.74, 6) is 4.00. The van der Waals surface area contributed by atoms with E-state index in [9.17, 15) is 4.79 Å². The van der Waals surface area contributed by atoms with Crippen molar-refractivity contribution in [1.82, 2.24) is 0 Å². The van der Waals surface area contributed by atoms with Gasteiger partial charge in [-0.3, -0.25) is 0 Å². The van der Waals surface area contributed by atoms with Crippen LogP contribution >= 0.6 is 0 Å². The van der Waals surface area contributed by atoms with Gasteiger partial charge in [0.2, 0.25) is 0 Å². The Morgan fingerprint density at radius 2 is 1.61 bits per heavy atom. The van der Waals surface area contributed by atoms with Crippen molar-refractivity contribution in [1.29, 1.82) is 0 Å². The number of esters is 1. The number of benzene rings is 2. The fourth-order valence-corrected chi connectivity index (χ4v) is 1.86. The molecule has 0 unspecified atom stereocenters. The molecule has 0 fully saturated rings. The van der Waals surface area contributed by atoms with Crippen LogP contribution in [0.2, 0.25) is 0 Å². The van der Waals surface area contributed by atoms with E-state index < -0.39 is 5.97 Å². The number of hydrogen-bond acceptors (Lipinski definition) is 4. The van der Waals surface area contributed by atoms with Gasteiger partial charge in [-0.25, -0.2) is 4.79 Å². The van der Waals surface area contributed by atoms with Crippen molar-refractivity contribution in [2.75, 3.05) is 13.7 Å². The molecule has 0 radical (unpaired) electrons. The third-order valence-electron chi connectivity index (χ3n) is 3.09.